The molecule has 1 aliphatic heterocycles. The van der Waals surface area contributed by atoms with Crippen LogP contribution in [0.3, 0.4) is 0 Å². The highest BCUT2D eigenvalue weighted by Crippen LogP contribution is 2.38. The van der Waals surface area contributed by atoms with Crippen LogP contribution in [0, 0.1) is 5.82 Å². The minimum Gasteiger partial charge on any atom is -0.371 e. The van der Waals surface area contributed by atoms with E-state index < -0.39 is 29.1 Å². The van der Waals surface area contributed by atoms with Gasteiger partial charge in [0.05, 0.1) is 24.0 Å². The van der Waals surface area contributed by atoms with Gasteiger partial charge in [-0.05, 0) is 48.2 Å². The van der Waals surface area contributed by atoms with Crippen LogP contribution in [-0.2, 0) is 22.9 Å². The molecule has 1 saturated carbocycles. The molecule has 1 aromatic heterocycles. The number of carbonyl (C=O) groups excluding carboxylic acids is 1. The van der Waals surface area contributed by atoms with Crippen molar-refractivity contribution in [3.8, 4) is 0 Å². The number of nitrogens with zero attached hydrogens (tertiary/aromatic N) is 1. The number of amides is 2. The molecule has 2 fully saturated rings. The molecule has 2 atom stereocenters. The Morgan fingerprint density at radius 2 is 1.77 bits per heavy atom. The molecule has 3 aromatic rings. The molecule has 2 aliphatic rings. The summed E-state index contributed by atoms with van der Waals surface area (Å²) in [6, 6.07) is 14.3. The maximum atomic E-state index is 14.8. The lowest BCUT2D eigenvalue weighted by atomic mass is 9.79. The van der Waals surface area contributed by atoms with Crippen LogP contribution in [0.5, 0.6) is 0 Å². The number of urea groups is 1. The first kappa shape index (κ1) is 28.0. The van der Waals surface area contributed by atoms with Crippen LogP contribution in [0.1, 0.15) is 59.7 Å². The van der Waals surface area contributed by atoms with E-state index in [-0.39, 0.29) is 29.8 Å². The molecule has 1 saturated heterocycles. The Bertz CT molecular complexity index is 1290. The Kier molecular flexibility index (Phi) is 8.37. The predicted molar refractivity (Wildman–Crippen MR) is 142 cm³/mol. The lowest BCUT2D eigenvalue weighted by Gasteiger charge is -2.36. The molecular formula is C30H32F4N4O2. The Labute approximate surface area is 230 Å². The summed E-state index contributed by atoms with van der Waals surface area (Å²) in [4.78, 5) is 18.1. The molecule has 0 spiro atoms. The third kappa shape index (κ3) is 6.45. The zero-order valence-corrected chi connectivity index (χ0v) is 21.9. The third-order valence-corrected chi connectivity index (χ3v) is 7.57. The second kappa shape index (κ2) is 11.9. The van der Waals surface area contributed by atoms with Gasteiger partial charge in [-0.25, -0.2) is 9.18 Å². The Morgan fingerprint density at radius 1 is 1.02 bits per heavy atom. The standard InChI is InChI=1S/C30H32F4N4O2/c31-24-15-22(14-23(16-24)30(32,33)34)29(17-20-6-2-1-3-7-20,38-28(39)37-25-8-4-5-9-25)27-11-10-21(18-36-27)26-19-35-12-13-40-26/h1-3,6-7,10-11,14-16,18,25-26,35H,4-5,8-9,12-13,17,19H2,(H2,37,38,39). The van der Waals surface area contributed by atoms with Gasteiger partial charge >= 0.3 is 12.2 Å². The quantitative estimate of drug-likeness (QED) is 0.330. The van der Waals surface area contributed by atoms with Crippen molar-refractivity contribution < 1.29 is 27.1 Å². The number of morpholine rings is 1. The van der Waals surface area contributed by atoms with E-state index in [9.17, 15) is 22.4 Å². The number of alkyl halides is 3. The summed E-state index contributed by atoms with van der Waals surface area (Å²) in [6.07, 6.45) is 0.237. The summed E-state index contributed by atoms with van der Waals surface area (Å²) in [6.45, 7) is 1.87. The van der Waals surface area contributed by atoms with Crippen molar-refractivity contribution in [2.24, 2.45) is 0 Å². The lowest BCUT2D eigenvalue weighted by Crippen LogP contribution is -2.54. The van der Waals surface area contributed by atoms with Crippen LogP contribution in [0.15, 0.2) is 66.9 Å². The summed E-state index contributed by atoms with van der Waals surface area (Å²) in [7, 11) is 0. The monoisotopic (exact) mass is 556 g/mol. The van der Waals surface area contributed by atoms with Gasteiger partial charge in [-0.2, -0.15) is 13.2 Å². The van der Waals surface area contributed by atoms with Crippen LogP contribution < -0.4 is 16.0 Å². The summed E-state index contributed by atoms with van der Waals surface area (Å²) < 4.78 is 62.2. The molecule has 2 aromatic carbocycles. The molecule has 212 valence electrons. The Morgan fingerprint density at radius 3 is 2.42 bits per heavy atom. The number of hydrogen-bond donors (Lipinski definition) is 3. The van der Waals surface area contributed by atoms with Gasteiger partial charge in [-0.3, -0.25) is 4.98 Å². The summed E-state index contributed by atoms with van der Waals surface area (Å²) in [5.74, 6) is -1.06. The first-order chi connectivity index (χ1) is 19.2. The number of nitrogens with one attached hydrogen (secondary N) is 3. The van der Waals surface area contributed by atoms with Gasteiger partial charge in [0, 0.05) is 37.3 Å². The van der Waals surface area contributed by atoms with Crippen LogP contribution in [-0.4, -0.2) is 36.8 Å². The summed E-state index contributed by atoms with van der Waals surface area (Å²) >= 11 is 0. The van der Waals surface area contributed by atoms with Crippen molar-refractivity contribution in [1.29, 1.82) is 0 Å². The molecule has 1 aliphatic carbocycles. The van der Waals surface area contributed by atoms with E-state index in [1.165, 1.54) is 0 Å². The van der Waals surface area contributed by atoms with Crippen molar-refractivity contribution in [3.05, 3.63) is 101 Å². The van der Waals surface area contributed by atoms with Crippen molar-refractivity contribution >= 4 is 6.03 Å². The molecule has 2 amide bonds. The van der Waals surface area contributed by atoms with Gasteiger partial charge in [-0.15, -0.1) is 0 Å². The zero-order chi connectivity index (χ0) is 28.2. The third-order valence-electron chi connectivity index (χ3n) is 7.57. The van der Waals surface area contributed by atoms with E-state index in [1.807, 2.05) is 18.2 Å². The molecule has 2 heterocycles. The maximum absolute atomic E-state index is 14.8. The molecule has 5 rings (SSSR count). The highest BCUT2D eigenvalue weighted by atomic mass is 19.4. The molecule has 40 heavy (non-hydrogen) atoms. The average Bonchev–Trinajstić information content (AvgIpc) is 3.46. The van der Waals surface area contributed by atoms with Crippen molar-refractivity contribution in [1.82, 2.24) is 20.9 Å². The minimum absolute atomic E-state index is 0.0422. The molecule has 10 heteroatoms. The number of benzene rings is 2. The highest BCUT2D eigenvalue weighted by Gasteiger charge is 2.41. The molecule has 2 unspecified atom stereocenters. The number of ether oxygens (including phenoxy) is 1. The topological polar surface area (TPSA) is 75.3 Å². The van der Waals surface area contributed by atoms with E-state index in [1.54, 1.807) is 30.5 Å². The van der Waals surface area contributed by atoms with Gasteiger partial charge in [0.1, 0.15) is 11.4 Å². The van der Waals surface area contributed by atoms with Crippen LogP contribution in [0.25, 0.3) is 0 Å². The Balaban J connectivity index is 1.63. The summed E-state index contributed by atoms with van der Waals surface area (Å²) in [5.41, 5.74) is -1.01. The average molecular weight is 557 g/mol. The van der Waals surface area contributed by atoms with E-state index >= 15 is 0 Å². The first-order valence-electron chi connectivity index (χ1n) is 13.5. The van der Waals surface area contributed by atoms with Gasteiger partial charge in [0.25, 0.3) is 0 Å². The SMILES string of the molecule is O=C(NC1CCCC1)NC(Cc1ccccc1)(c1cc(F)cc(C(F)(F)F)c1)c1ccc(C2CNCCO2)cn1. The normalized spacial score (nSPS) is 19.6. The molecule has 0 bridgehead atoms. The van der Waals surface area contributed by atoms with Gasteiger partial charge < -0.3 is 20.7 Å². The van der Waals surface area contributed by atoms with Crippen molar-refractivity contribution in [3.63, 3.8) is 0 Å². The fourth-order valence-electron chi connectivity index (χ4n) is 5.54. The number of aromatic nitrogens is 1. The Hall–Kier alpha value is -3.50. The van der Waals surface area contributed by atoms with E-state index in [0.29, 0.717) is 19.2 Å². The molecular weight excluding hydrogens is 524 g/mol. The fourth-order valence-corrected chi connectivity index (χ4v) is 5.54. The smallest absolute Gasteiger partial charge is 0.371 e. The number of rotatable bonds is 7. The molecule has 3 N–H and O–H groups in total. The van der Waals surface area contributed by atoms with Crippen LogP contribution in [0.4, 0.5) is 22.4 Å². The number of carbonyl (C=O) groups is 1. The number of halogens is 4. The fraction of sp³-hybridized carbons (Fsp3) is 0.400. The van der Waals surface area contributed by atoms with Crippen LogP contribution in [0.2, 0.25) is 0 Å². The second-order valence-corrected chi connectivity index (χ2v) is 10.4. The lowest BCUT2D eigenvalue weighted by molar-refractivity contribution is -0.137. The minimum atomic E-state index is -4.79. The number of pyridine rings is 1. The largest absolute Gasteiger partial charge is 0.416 e. The number of hydrogen-bond acceptors (Lipinski definition) is 4. The van der Waals surface area contributed by atoms with Gasteiger partial charge in [0.2, 0.25) is 0 Å². The van der Waals surface area contributed by atoms with Gasteiger partial charge in [-0.1, -0.05) is 49.2 Å². The van der Waals surface area contributed by atoms with Gasteiger partial charge in [0.15, 0.2) is 0 Å². The van der Waals surface area contributed by atoms with E-state index in [4.69, 9.17) is 4.74 Å². The molecule has 0 radical (unpaired) electrons. The van der Waals surface area contributed by atoms with Crippen molar-refractivity contribution in [2.45, 2.75) is 56.0 Å². The maximum Gasteiger partial charge on any atom is 0.416 e. The molecule has 6 nitrogen and oxygen atoms in total. The summed E-state index contributed by atoms with van der Waals surface area (Å²) in [5, 5.41) is 9.17. The van der Waals surface area contributed by atoms with E-state index in [0.717, 1.165) is 55.5 Å². The second-order valence-electron chi connectivity index (χ2n) is 10.4. The predicted octanol–water partition coefficient (Wildman–Crippen LogP) is 5.63. The first-order valence-corrected chi connectivity index (χ1v) is 13.5. The van der Waals surface area contributed by atoms with Crippen LogP contribution >= 0.6 is 0 Å². The highest BCUT2D eigenvalue weighted by molar-refractivity contribution is 5.76. The van der Waals surface area contributed by atoms with E-state index in [2.05, 4.69) is 20.9 Å². The zero-order valence-electron chi connectivity index (χ0n) is 21.9. The van der Waals surface area contributed by atoms with Crippen molar-refractivity contribution in [2.75, 3.05) is 19.7 Å².